The van der Waals surface area contributed by atoms with Crippen LogP contribution in [0.5, 0.6) is 11.5 Å². The Balaban J connectivity index is 1.08. The number of ether oxygens (including phenoxy) is 2. The number of thiazole rings is 1. The molecular formula is C34H28ClN3O6S2. The number of carbonyl (C=O) groups excluding carboxylic acids is 3. The molecule has 4 aromatic rings. The number of rotatable bonds is 7. The second kappa shape index (κ2) is 11.3. The number of fused-ring (bicyclic) bond motifs is 9. The quantitative estimate of drug-likeness (QED) is 0.238. The lowest BCUT2D eigenvalue weighted by molar-refractivity contribution is -0.123. The van der Waals surface area contributed by atoms with E-state index in [0.29, 0.717) is 27.9 Å². The SMILES string of the molecule is COc1ccc(N2C(=O)C3C(C2=O)[C@@H]2C[C@H]3C3Sc4[nH]c(=O)sc4[C@H](c4cccc(OCC(=O)Nc5ccc(Cl)cc5)c4)C32)cc1. The van der Waals surface area contributed by atoms with Gasteiger partial charge in [0.15, 0.2) is 6.61 Å². The second-order valence-corrected chi connectivity index (χ2v) is 14.7. The number of aromatic amines is 1. The molecule has 2 saturated carbocycles. The molecule has 1 aromatic heterocycles. The number of nitrogens with zero attached hydrogens (tertiary/aromatic N) is 1. The monoisotopic (exact) mass is 673 g/mol. The van der Waals surface area contributed by atoms with Crippen molar-refractivity contribution in [1.82, 2.24) is 4.98 Å². The largest absolute Gasteiger partial charge is 0.497 e. The molecule has 1 saturated heterocycles. The van der Waals surface area contributed by atoms with Crippen LogP contribution in [0.2, 0.25) is 5.02 Å². The minimum atomic E-state index is -0.405. The molecule has 7 atom stereocenters. The van der Waals surface area contributed by atoms with Gasteiger partial charge in [-0.2, -0.15) is 0 Å². The van der Waals surface area contributed by atoms with Gasteiger partial charge < -0.3 is 19.8 Å². The summed E-state index contributed by atoms with van der Waals surface area (Å²) in [5.41, 5.74) is 2.13. The van der Waals surface area contributed by atoms with Gasteiger partial charge in [-0.3, -0.25) is 24.1 Å². The summed E-state index contributed by atoms with van der Waals surface area (Å²) >= 11 is 8.79. The predicted molar refractivity (Wildman–Crippen MR) is 176 cm³/mol. The number of halogens is 1. The van der Waals surface area contributed by atoms with E-state index in [-0.39, 0.29) is 64.0 Å². The molecule has 2 N–H and O–H groups in total. The zero-order chi connectivity index (χ0) is 31.7. The fourth-order valence-electron chi connectivity index (χ4n) is 8.05. The van der Waals surface area contributed by atoms with E-state index in [0.717, 1.165) is 21.9 Å². The maximum Gasteiger partial charge on any atom is 0.305 e. The number of hydrogen-bond donors (Lipinski definition) is 2. The van der Waals surface area contributed by atoms with Crippen LogP contribution in [0.15, 0.2) is 82.6 Å². The van der Waals surface area contributed by atoms with Crippen LogP contribution in [-0.4, -0.2) is 41.7 Å². The van der Waals surface area contributed by atoms with Crippen molar-refractivity contribution in [3.05, 3.63) is 97.9 Å². The van der Waals surface area contributed by atoms with E-state index >= 15 is 0 Å². The highest BCUT2D eigenvalue weighted by atomic mass is 35.5. The number of imide groups is 1. The molecule has 2 aliphatic heterocycles. The Morgan fingerprint density at radius 2 is 1.72 bits per heavy atom. The lowest BCUT2D eigenvalue weighted by Crippen LogP contribution is -2.42. The fraction of sp³-hybridized carbons (Fsp3) is 0.294. The van der Waals surface area contributed by atoms with E-state index in [9.17, 15) is 19.2 Å². The van der Waals surface area contributed by atoms with Crippen molar-refractivity contribution in [2.75, 3.05) is 23.9 Å². The summed E-state index contributed by atoms with van der Waals surface area (Å²) in [6, 6.07) is 21.5. The van der Waals surface area contributed by atoms with Crippen LogP contribution < -0.4 is 24.6 Å². The summed E-state index contributed by atoms with van der Waals surface area (Å²) < 4.78 is 11.2. The Bertz CT molecular complexity index is 1930. The summed E-state index contributed by atoms with van der Waals surface area (Å²) in [5.74, 6) is -0.311. The summed E-state index contributed by atoms with van der Waals surface area (Å²) in [7, 11) is 1.58. The van der Waals surface area contributed by atoms with Gasteiger partial charge in [0.05, 0.1) is 29.7 Å². The molecule has 9 nitrogen and oxygen atoms in total. The van der Waals surface area contributed by atoms with Gasteiger partial charge in [0, 0.05) is 26.8 Å². The maximum atomic E-state index is 14.0. The van der Waals surface area contributed by atoms with Gasteiger partial charge in [-0.05, 0) is 90.4 Å². The Morgan fingerprint density at radius 1 is 0.978 bits per heavy atom. The number of thioether (sulfide) groups is 1. The van der Waals surface area contributed by atoms with Crippen molar-refractivity contribution in [2.45, 2.75) is 22.6 Å². The lowest BCUT2D eigenvalue weighted by Gasteiger charge is -2.43. The molecule has 46 heavy (non-hydrogen) atoms. The van der Waals surface area contributed by atoms with E-state index in [1.807, 2.05) is 18.2 Å². The highest BCUT2D eigenvalue weighted by molar-refractivity contribution is 8.00. The van der Waals surface area contributed by atoms with Crippen LogP contribution in [0.4, 0.5) is 11.4 Å². The van der Waals surface area contributed by atoms with Gasteiger partial charge in [0.2, 0.25) is 11.8 Å². The zero-order valence-electron chi connectivity index (χ0n) is 24.5. The van der Waals surface area contributed by atoms with Gasteiger partial charge in [-0.1, -0.05) is 35.1 Å². The van der Waals surface area contributed by atoms with Crippen LogP contribution >= 0.6 is 34.7 Å². The number of hydrogen-bond acceptors (Lipinski definition) is 8. The first-order valence-electron chi connectivity index (χ1n) is 15.0. The predicted octanol–water partition coefficient (Wildman–Crippen LogP) is 5.79. The molecule has 3 heterocycles. The van der Waals surface area contributed by atoms with Crippen molar-refractivity contribution >= 4 is 63.8 Å². The molecular weight excluding hydrogens is 646 g/mol. The van der Waals surface area contributed by atoms with E-state index < -0.39 is 5.92 Å². The van der Waals surface area contributed by atoms with Crippen LogP contribution in [0, 0.1) is 29.6 Å². The summed E-state index contributed by atoms with van der Waals surface area (Å²) in [6.07, 6.45) is 0.794. The highest BCUT2D eigenvalue weighted by Crippen LogP contribution is 2.68. The molecule has 0 radical (unpaired) electrons. The highest BCUT2D eigenvalue weighted by Gasteiger charge is 2.69. The normalized spacial score (nSPS) is 27.3. The molecule has 3 amide bonds. The first-order chi connectivity index (χ1) is 22.3. The molecule has 3 aromatic carbocycles. The average Bonchev–Trinajstić information content (AvgIpc) is 3.80. The first-order valence-corrected chi connectivity index (χ1v) is 17.1. The van der Waals surface area contributed by atoms with Crippen LogP contribution in [0.1, 0.15) is 22.8 Å². The Morgan fingerprint density at radius 3 is 2.46 bits per heavy atom. The summed E-state index contributed by atoms with van der Waals surface area (Å²) in [4.78, 5) is 58.3. The average molecular weight is 674 g/mol. The van der Waals surface area contributed by atoms with Crippen LogP contribution in [0.3, 0.4) is 0 Å². The van der Waals surface area contributed by atoms with Gasteiger partial charge in [-0.15, -0.1) is 11.8 Å². The number of benzene rings is 3. The second-order valence-electron chi connectivity index (χ2n) is 12.1. The van der Waals surface area contributed by atoms with E-state index in [4.69, 9.17) is 21.1 Å². The number of nitrogens with one attached hydrogen (secondary N) is 2. The number of H-pyrrole nitrogens is 1. The minimum absolute atomic E-state index is 0.0137. The molecule has 4 unspecified atom stereocenters. The lowest BCUT2D eigenvalue weighted by atomic mass is 9.68. The van der Waals surface area contributed by atoms with E-state index in [2.05, 4.69) is 10.3 Å². The molecule has 0 spiro atoms. The Hall–Kier alpha value is -4.06. The third kappa shape index (κ3) is 4.75. The van der Waals surface area contributed by atoms with Crippen molar-refractivity contribution in [3.8, 4) is 11.5 Å². The van der Waals surface area contributed by atoms with Crippen molar-refractivity contribution in [1.29, 1.82) is 0 Å². The Kier molecular flexibility index (Phi) is 7.23. The van der Waals surface area contributed by atoms with Crippen molar-refractivity contribution in [3.63, 3.8) is 0 Å². The topological polar surface area (TPSA) is 118 Å². The van der Waals surface area contributed by atoms with E-state index in [1.165, 1.54) is 16.2 Å². The van der Waals surface area contributed by atoms with Crippen LogP contribution in [-0.2, 0) is 14.4 Å². The minimum Gasteiger partial charge on any atom is -0.497 e. The van der Waals surface area contributed by atoms with Crippen molar-refractivity contribution in [2.24, 2.45) is 29.6 Å². The standard InChI is InChI=1S/C34H28ClN3O6S2/c1-43-20-11-9-19(10-12-20)38-32(40)27-22-14-23(28(27)33(38)41)29-26(22)25(30-31(45-29)37-34(42)46-30)16-3-2-4-21(13-16)44-15-24(39)36-18-7-5-17(35)6-8-18/h2-13,22-23,25-29H,14-15H2,1H3,(H,36,39)(H,37,42)/t22-,23-,25-,26?,27?,28?,29?/m1/s1. The molecule has 3 fully saturated rings. The van der Waals surface area contributed by atoms with Gasteiger partial charge in [0.1, 0.15) is 11.5 Å². The molecule has 2 bridgehead atoms. The molecule has 2 aliphatic carbocycles. The number of amides is 3. The van der Waals surface area contributed by atoms with E-state index in [1.54, 1.807) is 73.5 Å². The summed E-state index contributed by atoms with van der Waals surface area (Å²) in [5, 5.41) is 4.28. The van der Waals surface area contributed by atoms with Crippen LogP contribution in [0.25, 0.3) is 0 Å². The third-order valence-corrected chi connectivity index (χ3v) is 12.6. The Labute approximate surface area is 277 Å². The van der Waals surface area contributed by atoms with Gasteiger partial charge in [-0.25, -0.2) is 0 Å². The number of carbonyl (C=O) groups is 3. The van der Waals surface area contributed by atoms with Gasteiger partial charge >= 0.3 is 4.87 Å². The third-order valence-electron chi connectivity index (χ3n) is 9.77. The maximum absolute atomic E-state index is 14.0. The van der Waals surface area contributed by atoms with Gasteiger partial charge in [0.25, 0.3) is 5.91 Å². The molecule has 234 valence electrons. The molecule has 12 heteroatoms. The summed E-state index contributed by atoms with van der Waals surface area (Å²) in [6.45, 7) is -0.187. The first kappa shape index (κ1) is 29.3. The number of aromatic nitrogens is 1. The number of anilines is 2. The number of methoxy groups -OCH3 is 1. The fourth-order valence-corrected chi connectivity index (χ4v) is 11.1. The zero-order valence-corrected chi connectivity index (χ0v) is 26.9. The smallest absolute Gasteiger partial charge is 0.305 e. The molecule has 8 rings (SSSR count). The van der Waals surface area contributed by atoms with Crippen molar-refractivity contribution < 1.29 is 23.9 Å². The molecule has 4 aliphatic rings.